The molecule has 0 atom stereocenters. The van der Waals surface area contributed by atoms with E-state index in [1.807, 2.05) is 6.07 Å². The first kappa shape index (κ1) is 25.7. The van der Waals surface area contributed by atoms with E-state index in [0.717, 1.165) is 83.6 Å². The number of aromatic nitrogens is 2. The number of carbonyl (C=O) groups is 1. The molecule has 0 radical (unpaired) electrons. The molecule has 5 rings (SSSR count). The quantitative estimate of drug-likeness (QED) is 0.558. The number of piperazine rings is 1. The van der Waals surface area contributed by atoms with Crippen molar-refractivity contribution in [1.82, 2.24) is 25.7 Å². The van der Waals surface area contributed by atoms with Crippen molar-refractivity contribution in [2.45, 2.75) is 56.7 Å². The lowest BCUT2D eigenvalue weighted by molar-refractivity contribution is 0.0888. The van der Waals surface area contributed by atoms with Crippen LogP contribution in [-0.2, 0) is 0 Å². The molecular weight excluding hydrogens is 490 g/mol. The molecule has 2 N–H and O–H groups in total. The van der Waals surface area contributed by atoms with Gasteiger partial charge in [0.05, 0.1) is 17.7 Å². The van der Waals surface area contributed by atoms with E-state index in [1.165, 1.54) is 0 Å². The van der Waals surface area contributed by atoms with Gasteiger partial charge >= 0.3 is 0 Å². The van der Waals surface area contributed by atoms with Crippen LogP contribution in [-0.4, -0.2) is 78.5 Å². The Hall–Kier alpha value is -2.93. The number of rotatable bonds is 6. The molecule has 0 bridgehead atoms. The molecule has 10 heteroatoms. The Kier molecular flexibility index (Phi) is 8.39. The van der Waals surface area contributed by atoms with Crippen LogP contribution in [0.4, 0.5) is 11.5 Å². The van der Waals surface area contributed by atoms with Gasteiger partial charge in [-0.2, -0.15) is 0 Å². The number of hydrogen-bond acceptors (Lipinski definition) is 7. The van der Waals surface area contributed by atoms with Crippen LogP contribution in [0.1, 0.15) is 49.0 Å². The Morgan fingerprint density at radius 3 is 2.43 bits per heavy atom. The molecule has 37 heavy (non-hydrogen) atoms. The minimum atomic E-state index is -0.178. The zero-order valence-electron chi connectivity index (χ0n) is 21.0. The van der Waals surface area contributed by atoms with Gasteiger partial charge in [-0.1, -0.05) is 17.7 Å². The molecule has 1 saturated carbocycles. The highest BCUT2D eigenvalue weighted by atomic mass is 35.5. The van der Waals surface area contributed by atoms with Crippen molar-refractivity contribution in [1.29, 1.82) is 0 Å². The molecule has 1 aliphatic carbocycles. The van der Waals surface area contributed by atoms with Gasteiger partial charge in [-0.25, -0.2) is 4.85 Å². The maximum atomic E-state index is 12.8. The van der Waals surface area contributed by atoms with E-state index < -0.39 is 0 Å². The zero-order chi connectivity index (χ0) is 25.6. The molecule has 3 heterocycles. The van der Waals surface area contributed by atoms with E-state index in [-0.39, 0.29) is 18.1 Å². The van der Waals surface area contributed by atoms with E-state index in [9.17, 15) is 4.79 Å². The Bertz CT molecular complexity index is 1100. The Balaban J connectivity index is 1.06. The van der Waals surface area contributed by atoms with Crippen LogP contribution in [0.25, 0.3) is 4.85 Å². The molecule has 0 unspecified atom stereocenters. The van der Waals surface area contributed by atoms with Gasteiger partial charge in [-0.3, -0.25) is 9.69 Å². The highest BCUT2D eigenvalue weighted by molar-refractivity contribution is 6.33. The molecule has 1 aromatic carbocycles. The second-order valence-electron chi connectivity index (χ2n) is 10.1. The normalized spacial score (nSPS) is 23.3. The maximum absolute atomic E-state index is 12.8. The Labute approximate surface area is 223 Å². The van der Waals surface area contributed by atoms with E-state index >= 15 is 0 Å². The van der Waals surface area contributed by atoms with Crippen molar-refractivity contribution in [3.05, 3.63) is 52.5 Å². The average molecular weight is 524 g/mol. The highest BCUT2D eigenvalue weighted by Gasteiger charge is 2.27. The van der Waals surface area contributed by atoms with Crippen molar-refractivity contribution in [2.24, 2.45) is 0 Å². The summed E-state index contributed by atoms with van der Waals surface area (Å²) in [7, 11) is 0. The average Bonchev–Trinajstić information content (AvgIpc) is 2.95. The van der Waals surface area contributed by atoms with Gasteiger partial charge in [0.2, 0.25) is 5.69 Å². The van der Waals surface area contributed by atoms with Gasteiger partial charge in [-0.15, -0.1) is 10.2 Å². The number of amides is 1. The van der Waals surface area contributed by atoms with Crippen LogP contribution in [0, 0.1) is 6.57 Å². The summed E-state index contributed by atoms with van der Waals surface area (Å²) >= 11 is 6.12. The summed E-state index contributed by atoms with van der Waals surface area (Å²) in [4.78, 5) is 21.0. The fourth-order valence-corrected chi connectivity index (χ4v) is 5.76. The van der Waals surface area contributed by atoms with Crippen LogP contribution in [0.15, 0.2) is 30.3 Å². The molecule has 2 aromatic rings. The third kappa shape index (κ3) is 6.50. The van der Waals surface area contributed by atoms with Crippen molar-refractivity contribution in [3.63, 3.8) is 0 Å². The van der Waals surface area contributed by atoms with Gasteiger partial charge in [-0.05, 0) is 62.8 Å². The van der Waals surface area contributed by atoms with Crippen molar-refractivity contribution in [2.75, 3.05) is 44.2 Å². The first-order chi connectivity index (χ1) is 18.1. The van der Waals surface area contributed by atoms with Crippen LogP contribution in [0.2, 0.25) is 5.02 Å². The third-order valence-electron chi connectivity index (χ3n) is 7.69. The monoisotopic (exact) mass is 523 g/mol. The molecule has 0 spiro atoms. The van der Waals surface area contributed by atoms with Gasteiger partial charge < -0.3 is 20.3 Å². The number of carbonyl (C=O) groups excluding carboxylic acids is 1. The predicted molar refractivity (Wildman–Crippen MR) is 144 cm³/mol. The standard InChI is InChI=1S/C27H34ClN7O2/c1-29-24-7-6-22(18-23(24)28)37-21-4-2-19(3-5-21)31-27(36)25-8-9-26(33-32-25)35-14-10-20(11-15-35)34-16-12-30-13-17-34/h6-9,18-21,30H,2-5,10-17H2,(H,31,36). The van der Waals surface area contributed by atoms with Gasteiger partial charge in [0.1, 0.15) is 5.75 Å². The van der Waals surface area contributed by atoms with E-state index in [4.69, 9.17) is 22.9 Å². The third-order valence-corrected chi connectivity index (χ3v) is 7.99. The summed E-state index contributed by atoms with van der Waals surface area (Å²) in [6.07, 6.45) is 5.67. The van der Waals surface area contributed by atoms with Crippen molar-refractivity contribution < 1.29 is 9.53 Å². The minimum Gasteiger partial charge on any atom is -0.490 e. The molecule has 1 amide bonds. The predicted octanol–water partition coefficient (Wildman–Crippen LogP) is 3.67. The smallest absolute Gasteiger partial charge is 0.272 e. The lowest BCUT2D eigenvalue weighted by atomic mass is 9.93. The topological polar surface area (TPSA) is 87.0 Å². The lowest BCUT2D eigenvalue weighted by Crippen LogP contribution is -2.52. The molecule has 3 aliphatic rings. The summed E-state index contributed by atoms with van der Waals surface area (Å²) in [6.45, 7) is 13.5. The van der Waals surface area contributed by atoms with E-state index in [1.54, 1.807) is 24.3 Å². The fourth-order valence-electron chi connectivity index (χ4n) is 5.55. The van der Waals surface area contributed by atoms with Gasteiger partial charge in [0, 0.05) is 51.4 Å². The Morgan fingerprint density at radius 1 is 1.03 bits per heavy atom. The fraction of sp³-hybridized carbons (Fsp3) is 0.556. The number of piperidine rings is 1. The minimum absolute atomic E-state index is 0.0674. The number of ether oxygens (including phenoxy) is 1. The molecule has 2 aliphatic heterocycles. The van der Waals surface area contributed by atoms with Gasteiger partial charge in [0.15, 0.2) is 11.5 Å². The Morgan fingerprint density at radius 2 is 1.78 bits per heavy atom. The van der Waals surface area contributed by atoms with Crippen LogP contribution in [0.3, 0.4) is 0 Å². The summed E-state index contributed by atoms with van der Waals surface area (Å²) in [5.74, 6) is 1.34. The van der Waals surface area contributed by atoms with Crippen molar-refractivity contribution in [3.8, 4) is 5.75 Å². The van der Waals surface area contributed by atoms with Crippen LogP contribution < -0.4 is 20.3 Å². The summed E-state index contributed by atoms with van der Waals surface area (Å²) in [6, 6.07) is 9.60. The number of benzene rings is 1. The first-order valence-electron chi connectivity index (χ1n) is 13.3. The van der Waals surface area contributed by atoms with Crippen LogP contribution >= 0.6 is 11.6 Å². The second kappa shape index (κ2) is 12.1. The molecule has 1 aromatic heterocycles. The number of hydrogen-bond donors (Lipinski definition) is 2. The number of halogens is 1. The number of anilines is 1. The maximum Gasteiger partial charge on any atom is 0.272 e. The van der Waals surface area contributed by atoms with Gasteiger partial charge in [0.25, 0.3) is 5.91 Å². The van der Waals surface area contributed by atoms with E-state index in [2.05, 4.69) is 35.5 Å². The van der Waals surface area contributed by atoms with Crippen molar-refractivity contribution >= 4 is 29.0 Å². The summed E-state index contributed by atoms with van der Waals surface area (Å²) in [5.41, 5.74) is 0.777. The molecule has 9 nitrogen and oxygen atoms in total. The number of nitrogens with one attached hydrogen (secondary N) is 2. The molecule has 2 saturated heterocycles. The largest absolute Gasteiger partial charge is 0.490 e. The first-order valence-corrected chi connectivity index (χ1v) is 13.6. The highest BCUT2D eigenvalue weighted by Crippen LogP contribution is 2.31. The zero-order valence-corrected chi connectivity index (χ0v) is 21.8. The lowest BCUT2D eigenvalue weighted by Gasteiger charge is -2.40. The molecular formula is C27H34ClN7O2. The molecule has 3 fully saturated rings. The SMILES string of the molecule is [C-]#[N+]c1ccc(OC2CCC(NC(=O)c3ccc(N4CCC(N5CCNCC5)CC4)nn3)CC2)cc1Cl. The summed E-state index contributed by atoms with van der Waals surface area (Å²) < 4.78 is 6.05. The number of nitrogens with zero attached hydrogens (tertiary/aromatic N) is 5. The summed E-state index contributed by atoms with van der Waals surface area (Å²) in [5, 5.41) is 15.6. The molecule has 196 valence electrons. The van der Waals surface area contributed by atoms with Crippen LogP contribution in [0.5, 0.6) is 5.75 Å². The second-order valence-corrected chi connectivity index (χ2v) is 10.5. The van der Waals surface area contributed by atoms with E-state index in [0.29, 0.717) is 28.2 Å².